The molecule has 2 rings (SSSR count). The molecule has 4 heteroatoms. The summed E-state index contributed by atoms with van der Waals surface area (Å²) < 4.78 is 18.8. The van der Waals surface area contributed by atoms with E-state index in [9.17, 15) is 9.50 Å². The fraction of sp³-hybridized carbons (Fsp3) is 0.429. The van der Waals surface area contributed by atoms with Crippen LogP contribution in [0, 0.1) is 18.7 Å². The van der Waals surface area contributed by atoms with E-state index in [-0.39, 0.29) is 12.4 Å². The van der Waals surface area contributed by atoms with E-state index in [0.717, 1.165) is 23.4 Å². The summed E-state index contributed by atoms with van der Waals surface area (Å²) in [6.07, 6.45) is -0.584. The first kappa shape index (κ1) is 19.4. The molecule has 0 bridgehead atoms. The Morgan fingerprint density at radius 2 is 1.72 bits per heavy atom. The zero-order valence-corrected chi connectivity index (χ0v) is 15.3. The lowest BCUT2D eigenvalue weighted by atomic mass is 10.1. The third-order valence-electron chi connectivity index (χ3n) is 3.94. The van der Waals surface area contributed by atoms with Crippen molar-refractivity contribution < 1.29 is 14.2 Å². The summed E-state index contributed by atoms with van der Waals surface area (Å²) in [6.45, 7) is 8.59. The number of halogens is 1. The molecule has 0 aliphatic heterocycles. The van der Waals surface area contributed by atoms with Gasteiger partial charge in [0, 0.05) is 19.6 Å². The maximum atomic E-state index is 13.1. The number of benzene rings is 2. The molecular formula is C21H28FNO2. The van der Waals surface area contributed by atoms with Gasteiger partial charge in [-0.05, 0) is 42.2 Å². The highest BCUT2D eigenvalue weighted by molar-refractivity contribution is 5.31. The van der Waals surface area contributed by atoms with Crippen LogP contribution < -0.4 is 4.74 Å². The number of para-hydroxylation sites is 1. The number of aliphatic hydroxyl groups is 1. The van der Waals surface area contributed by atoms with Crippen molar-refractivity contribution in [3.05, 3.63) is 65.5 Å². The first-order valence-corrected chi connectivity index (χ1v) is 8.77. The molecule has 0 saturated carbocycles. The Balaban J connectivity index is 1.91. The van der Waals surface area contributed by atoms with E-state index in [1.807, 2.05) is 31.2 Å². The van der Waals surface area contributed by atoms with Crippen molar-refractivity contribution in [3.63, 3.8) is 0 Å². The van der Waals surface area contributed by atoms with Crippen molar-refractivity contribution in [2.24, 2.45) is 5.92 Å². The number of aryl methyl sites for hydroxylation is 1. The van der Waals surface area contributed by atoms with E-state index < -0.39 is 6.10 Å². The van der Waals surface area contributed by atoms with Gasteiger partial charge in [0.1, 0.15) is 24.3 Å². The van der Waals surface area contributed by atoms with Crippen molar-refractivity contribution in [1.29, 1.82) is 0 Å². The molecule has 2 aromatic rings. The second kappa shape index (κ2) is 9.54. The molecule has 1 atom stereocenters. The Labute approximate surface area is 150 Å². The van der Waals surface area contributed by atoms with Crippen LogP contribution in [0.4, 0.5) is 4.39 Å². The van der Waals surface area contributed by atoms with Crippen molar-refractivity contribution in [1.82, 2.24) is 4.90 Å². The summed E-state index contributed by atoms with van der Waals surface area (Å²) in [5.41, 5.74) is 2.09. The van der Waals surface area contributed by atoms with E-state index in [2.05, 4.69) is 18.7 Å². The SMILES string of the molecule is Cc1ccccc1OC[C@H](O)CN(Cc1ccc(F)cc1)CC(C)C. The van der Waals surface area contributed by atoms with E-state index >= 15 is 0 Å². The Kier molecular flexibility index (Phi) is 7.41. The van der Waals surface area contributed by atoms with E-state index in [4.69, 9.17) is 4.74 Å². The standard InChI is InChI=1S/C21H28FNO2/c1-16(2)12-23(13-18-8-10-19(22)11-9-18)14-20(24)15-25-21-7-5-4-6-17(21)3/h4-11,16,20,24H,12-15H2,1-3H3/t20-/m1/s1. The number of nitrogens with zero attached hydrogens (tertiary/aromatic N) is 1. The van der Waals surface area contributed by atoms with Gasteiger partial charge in [0.15, 0.2) is 0 Å². The van der Waals surface area contributed by atoms with Crippen molar-refractivity contribution >= 4 is 0 Å². The first-order chi connectivity index (χ1) is 11.9. The third kappa shape index (κ3) is 6.85. The molecule has 0 unspecified atom stereocenters. The molecule has 0 heterocycles. The van der Waals surface area contributed by atoms with Gasteiger partial charge in [0.25, 0.3) is 0 Å². The summed E-state index contributed by atoms with van der Waals surface area (Å²) in [4.78, 5) is 2.18. The highest BCUT2D eigenvalue weighted by atomic mass is 19.1. The monoisotopic (exact) mass is 345 g/mol. The van der Waals surface area contributed by atoms with Crippen LogP contribution in [0.15, 0.2) is 48.5 Å². The Hall–Kier alpha value is -1.91. The summed E-state index contributed by atoms with van der Waals surface area (Å²) in [5, 5.41) is 10.4. The molecule has 0 saturated heterocycles. The molecule has 2 aromatic carbocycles. The van der Waals surface area contributed by atoms with Crippen molar-refractivity contribution in [3.8, 4) is 5.75 Å². The largest absolute Gasteiger partial charge is 0.491 e. The van der Waals surface area contributed by atoms with Gasteiger partial charge in [-0.15, -0.1) is 0 Å². The lowest BCUT2D eigenvalue weighted by Gasteiger charge is -2.27. The molecule has 136 valence electrons. The average Bonchev–Trinajstić information content (AvgIpc) is 2.55. The molecule has 0 spiro atoms. The Bertz CT molecular complexity index is 643. The molecule has 3 nitrogen and oxygen atoms in total. The normalized spacial score (nSPS) is 12.6. The van der Waals surface area contributed by atoms with Crippen LogP contribution in [0.3, 0.4) is 0 Å². The molecule has 0 aromatic heterocycles. The summed E-state index contributed by atoms with van der Waals surface area (Å²) in [6, 6.07) is 14.3. The molecule has 0 aliphatic carbocycles. The van der Waals surface area contributed by atoms with Crippen LogP contribution >= 0.6 is 0 Å². The molecular weight excluding hydrogens is 317 g/mol. The predicted molar refractivity (Wildman–Crippen MR) is 99.2 cm³/mol. The van der Waals surface area contributed by atoms with Crippen LogP contribution in [-0.4, -0.2) is 35.8 Å². The average molecular weight is 345 g/mol. The topological polar surface area (TPSA) is 32.7 Å². The fourth-order valence-electron chi connectivity index (χ4n) is 2.82. The Morgan fingerprint density at radius 1 is 1.04 bits per heavy atom. The molecule has 0 radical (unpaired) electrons. The van der Waals surface area contributed by atoms with Crippen LogP contribution in [0.1, 0.15) is 25.0 Å². The van der Waals surface area contributed by atoms with Gasteiger partial charge in [0.05, 0.1) is 0 Å². The van der Waals surface area contributed by atoms with E-state index in [1.54, 1.807) is 12.1 Å². The number of aliphatic hydroxyl groups excluding tert-OH is 1. The number of rotatable bonds is 9. The minimum Gasteiger partial charge on any atom is -0.491 e. The van der Waals surface area contributed by atoms with Gasteiger partial charge in [-0.25, -0.2) is 4.39 Å². The van der Waals surface area contributed by atoms with Gasteiger partial charge in [0.2, 0.25) is 0 Å². The minimum atomic E-state index is -0.584. The number of hydrogen-bond donors (Lipinski definition) is 1. The lowest BCUT2D eigenvalue weighted by molar-refractivity contribution is 0.0613. The van der Waals surface area contributed by atoms with Crippen molar-refractivity contribution in [2.75, 3.05) is 19.7 Å². The number of ether oxygens (including phenoxy) is 1. The second-order valence-electron chi connectivity index (χ2n) is 6.94. The minimum absolute atomic E-state index is 0.231. The smallest absolute Gasteiger partial charge is 0.123 e. The van der Waals surface area contributed by atoms with Gasteiger partial charge in [-0.2, -0.15) is 0 Å². The first-order valence-electron chi connectivity index (χ1n) is 8.77. The zero-order valence-electron chi connectivity index (χ0n) is 15.3. The lowest BCUT2D eigenvalue weighted by Crippen LogP contribution is -2.37. The fourth-order valence-corrected chi connectivity index (χ4v) is 2.82. The maximum absolute atomic E-state index is 13.1. The van der Waals surface area contributed by atoms with Crippen LogP contribution in [0.2, 0.25) is 0 Å². The third-order valence-corrected chi connectivity index (χ3v) is 3.94. The molecule has 0 fully saturated rings. The maximum Gasteiger partial charge on any atom is 0.123 e. The van der Waals surface area contributed by atoms with Gasteiger partial charge < -0.3 is 9.84 Å². The quantitative estimate of drug-likeness (QED) is 0.745. The second-order valence-corrected chi connectivity index (χ2v) is 6.94. The van der Waals surface area contributed by atoms with Crippen molar-refractivity contribution in [2.45, 2.75) is 33.4 Å². The molecule has 1 N–H and O–H groups in total. The van der Waals surface area contributed by atoms with Gasteiger partial charge in [-0.1, -0.05) is 44.2 Å². The van der Waals surface area contributed by atoms with Crippen LogP contribution in [-0.2, 0) is 6.54 Å². The summed E-state index contributed by atoms with van der Waals surface area (Å²) in [7, 11) is 0. The summed E-state index contributed by atoms with van der Waals surface area (Å²) in [5.74, 6) is 1.05. The van der Waals surface area contributed by atoms with Crippen LogP contribution in [0.5, 0.6) is 5.75 Å². The zero-order chi connectivity index (χ0) is 18.2. The van der Waals surface area contributed by atoms with Gasteiger partial charge in [-0.3, -0.25) is 4.90 Å². The number of hydrogen-bond acceptors (Lipinski definition) is 3. The van der Waals surface area contributed by atoms with E-state index in [0.29, 0.717) is 19.0 Å². The van der Waals surface area contributed by atoms with Gasteiger partial charge >= 0.3 is 0 Å². The molecule has 0 amide bonds. The molecule has 0 aliphatic rings. The molecule has 25 heavy (non-hydrogen) atoms. The summed E-state index contributed by atoms with van der Waals surface area (Å²) >= 11 is 0. The highest BCUT2D eigenvalue weighted by Crippen LogP contribution is 2.16. The Morgan fingerprint density at radius 3 is 2.36 bits per heavy atom. The van der Waals surface area contributed by atoms with E-state index in [1.165, 1.54) is 12.1 Å². The van der Waals surface area contributed by atoms with Crippen LogP contribution in [0.25, 0.3) is 0 Å². The highest BCUT2D eigenvalue weighted by Gasteiger charge is 2.15. The predicted octanol–water partition coefficient (Wildman–Crippen LogP) is 4.03.